The van der Waals surface area contributed by atoms with Gasteiger partial charge in [0.15, 0.2) is 0 Å². The third kappa shape index (κ3) is 3.08. The highest BCUT2D eigenvalue weighted by Gasteiger charge is 2.63. The van der Waals surface area contributed by atoms with Gasteiger partial charge >= 0.3 is 5.97 Å². The molecule has 0 aromatic heterocycles. The minimum absolute atomic E-state index is 0.125. The van der Waals surface area contributed by atoms with Crippen LogP contribution in [-0.4, -0.2) is 30.6 Å². The molecule has 1 unspecified atom stereocenters. The molecule has 1 amide bonds. The second kappa shape index (κ2) is 6.60. The second-order valence-corrected chi connectivity index (χ2v) is 8.61. The predicted octanol–water partition coefficient (Wildman–Crippen LogP) is 3.95. The van der Waals surface area contributed by atoms with Gasteiger partial charge in [-0.3, -0.25) is 14.5 Å². The van der Waals surface area contributed by atoms with Crippen molar-refractivity contribution in [3.05, 3.63) is 24.3 Å². The van der Waals surface area contributed by atoms with E-state index in [-0.39, 0.29) is 11.3 Å². The normalized spacial score (nSPS) is 28.7. The van der Waals surface area contributed by atoms with Crippen molar-refractivity contribution in [2.75, 3.05) is 12.0 Å². The number of ether oxygens (including phenoxy) is 2. The van der Waals surface area contributed by atoms with E-state index in [2.05, 4.69) is 20.8 Å². The summed E-state index contributed by atoms with van der Waals surface area (Å²) in [5, 5.41) is 0. The van der Waals surface area contributed by atoms with Crippen LogP contribution in [0.5, 0.6) is 5.75 Å². The Morgan fingerprint density at radius 3 is 2.19 bits per heavy atom. The lowest BCUT2D eigenvalue weighted by Crippen LogP contribution is -2.76. The van der Waals surface area contributed by atoms with Crippen LogP contribution in [0.3, 0.4) is 0 Å². The van der Waals surface area contributed by atoms with Crippen LogP contribution in [0.1, 0.15) is 53.4 Å². The number of benzene rings is 1. The molecule has 142 valence electrons. The highest BCUT2D eigenvalue weighted by atomic mass is 16.6. The van der Waals surface area contributed by atoms with Gasteiger partial charge in [0.25, 0.3) is 5.91 Å². The number of anilines is 1. The Morgan fingerprint density at radius 2 is 1.73 bits per heavy atom. The monoisotopic (exact) mass is 359 g/mol. The van der Waals surface area contributed by atoms with Gasteiger partial charge in [-0.25, -0.2) is 0 Å². The molecule has 1 atom stereocenters. The zero-order valence-electron chi connectivity index (χ0n) is 16.4. The number of carbonyl (C=O) groups is 2. The Labute approximate surface area is 155 Å². The van der Waals surface area contributed by atoms with Crippen molar-refractivity contribution in [1.29, 1.82) is 0 Å². The van der Waals surface area contributed by atoms with Gasteiger partial charge in [0.1, 0.15) is 5.75 Å². The average Bonchev–Trinajstić information content (AvgIpc) is 2.60. The van der Waals surface area contributed by atoms with E-state index in [9.17, 15) is 9.59 Å². The summed E-state index contributed by atoms with van der Waals surface area (Å²) >= 11 is 0. The number of amides is 1. The van der Waals surface area contributed by atoms with Crippen LogP contribution in [0.25, 0.3) is 0 Å². The van der Waals surface area contributed by atoms with Gasteiger partial charge in [-0.15, -0.1) is 0 Å². The summed E-state index contributed by atoms with van der Waals surface area (Å²) in [7, 11) is 1.62. The summed E-state index contributed by atoms with van der Waals surface area (Å²) in [5.41, 5.74) is 0.671. The van der Waals surface area contributed by atoms with E-state index in [4.69, 9.17) is 9.47 Å². The van der Waals surface area contributed by atoms with Crippen molar-refractivity contribution in [3.63, 3.8) is 0 Å². The maximum Gasteiger partial charge on any atom is 0.303 e. The van der Waals surface area contributed by atoms with E-state index >= 15 is 0 Å². The Kier molecular flexibility index (Phi) is 4.76. The third-order valence-electron chi connectivity index (χ3n) is 6.07. The van der Waals surface area contributed by atoms with E-state index in [0.717, 1.165) is 37.1 Å². The van der Waals surface area contributed by atoms with Crippen LogP contribution in [0.4, 0.5) is 5.69 Å². The number of carbonyl (C=O) groups excluding carboxylic acids is 2. The first-order valence-electron chi connectivity index (χ1n) is 9.34. The zero-order chi connectivity index (χ0) is 19.1. The maximum absolute atomic E-state index is 12.8. The number of hydrogen-bond donors (Lipinski definition) is 0. The SMILES string of the molecule is COc1ccc(N2C(=O)C(OC(C)=O)C23CCC(C(C)(C)C)CC3)cc1. The highest BCUT2D eigenvalue weighted by Crippen LogP contribution is 2.52. The van der Waals surface area contributed by atoms with Crippen LogP contribution < -0.4 is 9.64 Å². The Hall–Kier alpha value is -2.04. The molecule has 0 N–H and O–H groups in total. The molecular weight excluding hydrogens is 330 g/mol. The quantitative estimate of drug-likeness (QED) is 0.606. The minimum Gasteiger partial charge on any atom is -0.497 e. The molecule has 26 heavy (non-hydrogen) atoms. The fourth-order valence-corrected chi connectivity index (χ4v) is 4.53. The molecule has 1 aliphatic heterocycles. The first-order chi connectivity index (χ1) is 12.2. The predicted molar refractivity (Wildman–Crippen MR) is 100 cm³/mol. The highest BCUT2D eigenvalue weighted by molar-refractivity contribution is 6.07. The van der Waals surface area contributed by atoms with Crippen LogP contribution in [0.15, 0.2) is 24.3 Å². The summed E-state index contributed by atoms with van der Waals surface area (Å²) < 4.78 is 10.7. The van der Waals surface area contributed by atoms with Gasteiger partial charge in [0, 0.05) is 12.6 Å². The molecule has 1 heterocycles. The average molecular weight is 359 g/mol. The topological polar surface area (TPSA) is 55.8 Å². The molecule has 1 saturated heterocycles. The van der Waals surface area contributed by atoms with Crippen molar-refractivity contribution >= 4 is 17.6 Å². The molecule has 2 fully saturated rings. The summed E-state index contributed by atoms with van der Waals surface area (Å²) in [4.78, 5) is 26.2. The molecule has 1 aromatic carbocycles. The maximum atomic E-state index is 12.8. The number of esters is 1. The fraction of sp³-hybridized carbons (Fsp3) is 0.619. The lowest BCUT2D eigenvalue weighted by atomic mass is 9.62. The molecule has 2 aliphatic rings. The lowest BCUT2D eigenvalue weighted by molar-refractivity contribution is -0.170. The Morgan fingerprint density at radius 1 is 1.15 bits per heavy atom. The third-order valence-corrected chi connectivity index (χ3v) is 6.07. The smallest absolute Gasteiger partial charge is 0.303 e. The van der Waals surface area contributed by atoms with E-state index in [1.54, 1.807) is 7.11 Å². The summed E-state index contributed by atoms with van der Waals surface area (Å²) in [6.45, 7) is 8.18. The molecule has 0 radical (unpaired) electrons. The molecular formula is C21H29NO4. The van der Waals surface area contributed by atoms with E-state index in [1.165, 1.54) is 6.92 Å². The largest absolute Gasteiger partial charge is 0.497 e. The van der Waals surface area contributed by atoms with Crippen molar-refractivity contribution in [1.82, 2.24) is 0 Å². The first kappa shape index (κ1) is 18.7. The van der Waals surface area contributed by atoms with E-state index in [0.29, 0.717) is 5.92 Å². The Bertz CT molecular complexity index is 681. The van der Waals surface area contributed by atoms with Crippen molar-refractivity contribution < 1.29 is 19.1 Å². The summed E-state index contributed by atoms with van der Waals surface area (Å²) in [6, 6.07) is 7.52. The van der Waals surface area contributed by atoms with Crippen molar-refractivity contribution in [2.45, 2.75) is 65.0 Å². The number of methoxy groups -OCH3 is 1. The standard InChI is InChI=1S/C21H29NO4/c1-14(23)26-18-19(24)22(16-6-8-17(25-5)9-7-16)21(18)12-10-15(11-13-21)20(2,3)4/h6-9,15,18H,10-13H2,1-5H3. The molecule has 5 nitrogen and oxygen atoms in total. The number of hydrogen-bond acceptors (Lipinski definition) is 4. The summed E-state index contributed by atoms with van der Waals surface area (Å²) in [5.74, 6) is 0.845. The van der Waals surface area contributed by atoms with Crippen LogP contribution in [-0.2, 0) is 14.3 Å². The van der Waals surface area contributed by atoms with Crippen LogP contribution in [0, 0.1) is 11.3 Å². The lowest BCUT2D eigenvalue weighted by Gasteiger charge is -2.59. The fourth-order valence-electron chi connectivity index (χ4n) is 4.53. The van der Waals surface area contributed by atoms with Crippen LogP contribution in [0.2, 0.25) is 0 Å². The van der Waals surface area contributed by atoms with Crippen molar-refractivity contribution in [2.24, 2.45) is 11.3 Å². The number of nitrogens with zero attached hydrogens (tertiary/aromatic N) is 1. The molecule has 1 saturated carbocycles. The number of β-lactam (4-membered cyclic amide) rings is 1. The van der Waals surface area contributed by atoms with E-state index < -0.39 is 17.6 Å². The molecule has 1 aliphatic carbocycles. The zero-order valence-corrected chi connectivity index (χ0v) is 16.4. The van der Waals surface area contributed by atoms with Crippen molar-refractivity contribution in [3.8, 4) is 5.75 Å². The minimum atomic E-state index is -0.664. The Balaban J connectivity index is 1.88. The van der Waals surface area contributed by atoms with Crippen LogP contribution >= 0.6 is 0 Å². The number of rotatable bonds is 3. The molecule has 1 spiro atoms. The molecule has 0 bridgehead atoms. The van der Waals surface area contributed by atoms with Gasteiger partial charge in [0.05, 0.1) is 12.6 Å². The molecule has 3 rings (SSSR count). The van der Waals surface area contributed by atoms with Gasteiger partial charge < -0.3 is 9.47 Å². The summed E-state index contributed by atoms with van der Waals surface area (Å²) in [6.07, 6.45) is 3.10. The van der Waals surface area contributed by atoms with Gasteiger partial charge in [-0.05, 0) is 61.3 Å². The van der Waals surface area contributed by atoms with E-state index in [1.807, 2.05) is 29.2 Å². The van der Waals surface area contributed by atoms with Gasteiger partial charge in [-0.2, -0.15) is 0 Å². The van der Waals surface area contributed by atoms with Gasteiger partial charge in [0.2, 0.25) is 6.10 Å². The molecule has 5 heteroatoms. The molecule has 1 aromatic rings. The first-order valence-corrected chi connectivity index (χ1v) is 9.34. The van der Waals surface area contributed by atoms with Gasteiger partial charge in [-0.1, -0.05) is 20.8 Å². The second-order valence-electron chi connectivity index (χ2n) is 8.61.